The lowest BCUT2D eigenvalue weighted by molar-refractivity contribution is 0.102. The highest BCUT2D eigenvalue weighted by Gasteiger charge is 2.22. The van der Waals surface area contributed by atoms with E-state index in [1.54, 1.807) is 31.4 Å². The van der Waals surface area contributed by atoms with Crippen LogP contribution in [0.15, 0.2) is 28.7 Å². The van der Waals surface area contributed by atoms with E-state index in [1.807, 2.05) is 0 Å². The number of hydrogen-bond acceptors (Lipinski definition) is 6. The van der Waals surface area contributed by atoms with Gasteiger partial charge in [-0.05, 0) is 37.6 Å². The van der Waals surface area contributed by atoms with E-state index in [-0.39, 0.29) is 18.0 Å². The van der Waals surface area contributed by atoms with E-state index in [4.69, 9.17) is 9.15 Å². The zero-order chi connectivity index (χ0) is 14.7. The molecule has 7 heteroatoms. The normalized spacial score (nSPS) is 17.7. The molecular formula is C14H16N4O3. The highest BCUT2D eigenvalue weighted by molar-refractivity contribution is 6.03. The Morgan fingerprint density at radius 2 is 2.38 bits per heavy atom. The Morgan fingerprint density at radius 1 is 1.48 bits per heavy atom. The van der Waals surface area contributed by atoms with Crippen molar-refractivity contribution >= 4 is 11.9 Å². The zero-order valence-electron chi connectivity index (χ0n) is 11.6. The number of anilines is 1. The number of nitrogens with zero attached hydrogens (tertiary/aromatic N) is 2. The Balaban J connectivity index is 1.69. The number of amides is 1. The summed E-state index contributed by atoms with van der Waals surface area (Å²) < 4.78 is 10.6. The summed E-state index contributed by atoms with van der Waals surface area (Å²) >= 11 is 0. The van der Waals surface area contributed by atoms with Crippen molar-refractivity contribution in [3.05, 3.63) is 35.7 Å². The number of benzene rings is 1. The molecule has 0 bridgehead atoms. The molecule has 21 heavy (non-hydrogen) atoms. The number of nitrogens with one attached hydrogen (secondary N) is 2. The summed E-state index contributed by atoms with van der Waals surface area (Å²) in [5.41, 5.74) is 0.466. The SMILES string of the molecule is COc1cccc(C(=O)Nc2nnc(C3CCCN3)o2)c1. The molecule has 0 aliphatic carbocycles. The number of rotatable bonds is 4. The molecule has 0 spiro atoms. The highest BCUT2D eigenvalue weighted by Crippen LogP contribution is 2.23. The summed E-state index contributed by atoms with van der Waals surface area (Å²) in [6.45, 7) is 0.943. The smallest absolute Gasteiger partial charge is 0.322 e. The molecule has 1 aliphatic rings. The quantitative estimate of drug-likeness (QED) is 0.891. The minimum Gasteiger partial charge on any atom is -0.497 e. The molecule has 1 unspecified atom stereocenters. The van der Waals surface area contributed by atoms with Gasteiger partial charge in [-0.2, -0.15) is 0 Å². The van der Waals surface area contributed by atoms with Crippen LogP contribution in [0.3, 0.4) is 0 Å². The van der Waals surface area contributed by atoms with Gasteiger partial charge in [-0.1, -0.05) is 11.2 Å². The maximum Gasteiger partial charge on any atom is 0.322 e. The molecule has 2 N–H and O–H groups in total. The fourth-order valence-electron chi connectivity index (χ4n) is 2.25. The lowest BCUT2D eigenvalue weighted by atomic mass is 10.2. The van der Waals surface area contributed by atoms with E-state index >= 15 is 0 Å². The Bertz CT molecular complexity index is 635. The van der Waals surface area contributed by atoms with Crippen molar-refractivity contribution in [1.29, 1.82) is 0 Å². The summed E-state index contributed by atoms with van der Waals surface area (Å²) in [7, 11) is 1.55. The van der Waals surface area contributed by atoms with Crippen molar-refractivity contribution in [3.63, 3.8) is 0 Å². The van der Waals surface area contributed by atoms with Crippen molar-refractivity contribution in [1.82, 2.24) is 15.5 Å². The van der Waals surface area contributed by atoms with Crippen LogP contribution < -0.4 is 15.4 Å². The number of carbonyl (C=O) groups excluding carboxylic acids is 1. The van der Waals surface area contributed by atoms with Gasteiger partial charge in [0.25, 0.3) is 5.91 Å². The van der Waals surface area contributed by atoms with E-state index in [9.17, 15) is 4.79 Å². The second-order valence-corrected chi connectivity index (χ2v) is 4.78. The predicted octanol–water partition coefficient (Wildman–Crippen LogP) is 1.75. The van der Waals surface area contributed by atoms with Gasteiger partial charge >= 0.3 is 6.01 Å². The lowest BCUT2D eigenvalue weighted by Crippen LogP contribution is -2.13. The molecule has 1 aromatic heterocycles. The van der Waals surface area contributed by atoms with Crippen molar-refractivity contribution in [2.24, 2.45) is 0 Å². The van der Waals surface area contributed by atoms with E-state index < -0.39 is 0 Å². The number of hydrogen-bond donors (Lipinski definition) is 2. The fraction of sp³-hybridized carbons (Fsp3) is 0.357. The van der Waals surface area contributed by atoms with Crippen LogP contribution in [0.2, 0.25) is 0 Å². The fourth-order valence-corrected chi connectivity index (χ4v) is 2.25. The first-order valence-corrected chi connectivity index (χ1v) is 6.78. The summed E-state index contributed by atoms with van der Waals surface area (Å²) in [5, 5.41) is 13.7. The molecule has 110 valence electrons. The van der Waals surface area contributed by atoms with Crippen LogP contribution >= 0.6 is 0 Å². The van der Waals surface area contributed by atoms with Gasteiger partial charge in [-0.25, -0.2) is 0 Å². The van der Waals surface area contributed by atoms with Gasteiger partial charge in [0.2, 0.25) is 5.89 Å². The minimum absolute atomic E-state index is 0.0833. The van der Waals surface area contributed by atoms with E-state index in [0.29, 0.717) is 17.2 Å². The van der Waals surface area contributed by atoms with Gasteiger partial charge in [0.15, 0.2) is 0 Å². The zero-order valence-corrected chi connectivity index (χ0v) is 11.6. The van der Waals surface area contributed by atoms with Crippen LogP contribution in [0.25, 0.3) is 0 Å². The first kappa shape index (κ1) is 13.6. The maximum atomic E-state index is 12.1. The molecular weight excluding hydrogens is 272 g/mol. The highest BCUT2D eigenvalue weighted by atomic mass is 16.5. The number of aromatic nitrogens is 2. The van der Waals surface area contributed by atoms with Gasteiger partial charge < -0.3 is 14.5 Å². The van der Waals surface area contributed by atoms with Crippen molar-refractivity contribution in [2.75, 3.05) is 19.0 Å². The predicted molar refractivity (Wildman–Crippen MR) is 75.2 cm³/mol. The number of ether oxygens (including phenoxy) is 1. The summed E-state index contributed by atoms with van der Waals surface area (Å²) in [5.74, 6) is 0.806. The van der Waals surface area contributed by atoms with Crippen molar-refractivity contribution < 1.29 is 13.9 Å². The van der Waals surface area contributed by atoms with Crippen molar-refractivity contribution in [3.8, 4) is 5.75 Å². The second kappa shape index (κ2) is 5.92. The van der Waals surface area contributed by atoms with Gasteiger partial charge in [0, 0.05) is 5.56 Å². The van der Waals surface area contributed by atoms with E-state index in [2.05, 4.69) is 20.8 Å². The monoisotopic (exact) mass is 288 g/mol. The Morgan fingerprint density at radius 3 is 3.14 bits per heavy atom. The summed E-state index contributed by atoms with van der Waals surface area (Å²) in [4.78, 5) is 12.1. The van der Waals surface area contributed by atoms with Crippen LogP contribution in [-0.4, -0.2) is 29.8 Å². The largest absolute Gasteiger partial charge is 0.497 e. The number of carbonyl (C=O) groups is 1. The van der Waals surface area contributed by atoms with Crippen LogP contribution in [0.5, 0.6) is 5.75 Å². The molecule has 7 nitrogen and oxygen atoms in total. The average Bonchev–Trinajstić information content (AvgIpc) is 3.18. The van der Waals surface area contributed by atoms with Gasteiger partial charge in [0.05, 0.1) is 13.2 Å². The van der Waals surface area contributed by atoms with Crippen LogP contribution in [0.4, 0.5) is 6.01 Å². The third kappa shape index (κ3) is 3.03. The summed E-state index contributed by atoms with van der Waals surface area (Å²) in [6, 6.07) is 7.04. The average molecular weight is 288 g/mol. The second-order valence-electron chi connectivity index (χ2n) is 4.78. The first-order valence-electron chi connectivity index (χ1n) is 6.78. The molecule has 0 radical (unpaired) electrons. The molecule has 2 aromatic rings. The Kier molecular flexibility index (Phi) is 3.83. The Hall–Kier alpha value is -2.41. The molecule has 1 amide bonds. The molecule has 1 atom stereocenters. The van der Waals surface area contributed by atoms with Gasteiger partial charge in [0.1, 0.15) is 5.75 Å². The first-order chi connectivity index (χ1) is 10.3. The lowest BCUT2D eigenvalue weighted by Gasteiger charge is -2.04. The van der Waals surface area contributed by atoms with Crippen LogP contribution in [0.1, 0.15) is 35.1 Å². The molecule has 1 aromatic carbocycles. The summed E-state index contributed by atoms with van der Waals surface area (Å²) in [6.07, 6.45) is 2.05. The third-order valence-corrected chi connectivity index (χ3v) is 3.35. The van der Waals surface area contributed by atoms with Crippen molar-refractivity contribution in [2.45, 2.75) is 18.9 Å². The maximum absolute atomic E-state index is 12.1. The molecule has 1 saturated heterocycles. The van der Waals surface area contributed by atoms with E-state index in [0.717, 1.165) is 19.4 Å². The van der Waals surface area contributed by atoms with Crippen LogP contribution in [0, 0.1) is 0 Å². The van der Waals surface area contributed by atoms with Gasteiger partial charge in [-0.15, -0.1) is 5.10 Å². The molecule has 0 saturated carbocycles. The topological polar surface area (TPSA) is 89.3 Å². The molecule has 1 fully saturated rings. The standard InChI is InChI=1S/C14H16N4O3/c1-20-10-5-2-4-9(8-10)12(19)16-14-18-17-13(21-14)11-6-3-7-15-11/h2,4-5,8,11,15H,3,6-7H2,1H3,(H,16,18,19). The van der Waals surface area contributed by atoms with Crippen LogP contribution in [-0.2, 0) is 0 Å². The molecule has 2 heterocycles. The van der Waals surface area contributed by atoms with Gasteiger partial charge in [-0.3, -0.25) is 10.1 Å². The molecule has 1 aliphatic heterocycles. The third-order valence-electron chi connectivity index (χ3n) is 3.35. The van der Waals surface area contributed by atoms with E-state index in [1.165, 1.54) is 0 Å². The minimum atomic E-state index is -0.316. The Labute approximate surface area is 121 Å². The molecule has 3 rings (SSSR count). The number of methoxy groups -OCH3 is 1.